The largest absolute Gasteiger partial charge is 0.494 e. The van der Waals surface area contributed by atoms with E-state index in [1.807, 2.05) is 0 Å². The van der Waals surface area contributed by atoms with Crippen molar-refractivity contribution >= 4 is 27.3 Å². The third-order valence-electron chi connectivity index (χ3n) is 1.99. The summed E-state index contributed by atoms with van der Waals surface area (Å²) in [6.07, 6.45) is 0. The molecule has 16 heavy (non-hydrogen) atoms. The van der Waals surface area contributed by atoms with Gasteiger partial charge in [-0.05, 0) is 22.0 Å². The number of rotatable bonds is 2. The Morgan fingerprint density at radius 3 is 2.62 bits per heavy atom. The second kappa shape index (κ2) is 4.47. The fourth-order valence-corrected chi connectivity index (χ4v) is 2.27. The highest BCUT2D eigenvalue weighted by Gasteiger charge is 2.13. The molecule has 0 atom stereocenters. The Balaban J connectivity index is 2.54. The van der Waals surface area contributed by atoms with Gasteiger partial charge in [-0.3, -0.25) is 0 Å². The molecule has 2 aromatic rings. The van der Waals surface area contributed by atoms with Crippen LogP contribution >= 0.6 is 27.3 Å². The van der Waals surface area contributed by atoms with Crippen LogP contribution in [0.4, 0.5) is 8.78 Å². The van der Waals surface area contributed by atoms with Crippen molar-refractivity contribution in [3.05, 3.63) is 33.1 Å². The number of benzene rings is 1. The first-order valence-electron chi connectivity index (χ1n) is 4.26. The van der Waals surface area contributed by atoms with Gasteiger partial charge in [0.1, 0.15) is 5.82 Å². The van der Waals surface area contributed by atoms with Gasteiger partial charge in [0.05, 0.1) is 12.8 Å². The number of hydrogen-bond acceptors (Lipinski definition) is 3. The lowest BCUT2D eigenvalue weighted by Gasteiger charge is -2.04. The highest BCUT2D eigenvalue weighted by Crippen LogP contribution is 2.30. The molecule has 0 N–H and O–H groups in total. The van der Waals surface area contributed by atoms with Crippen molar-refractivity contribution in [2.45, 2.75) is 0 Å². The molecule has 0 radical (unpaired) electrons. The van der Waals surface area contributed by atoms with Crippen molar-refractivity contribution in [2.75, 3.05) is 7.11 Å². The average Bonchev–Trinajstić information content (AvgIpc) is 2.67. The second-order valence-corrected chi connectivity index (χ2v) is 5.09. The van der Waals surface area contributed by atoms with Crippen molar-refractivity contribution < 1.29 is 13.5 Å². The highest BCUT2D eigenvalue weighted by atomic mass is 79.9. The zero-order valence-electron chi connectivity index (χ0n) is 8.13. The molecule has 1 heterocycles. The van der Waals surface area contributed by atoms with Gasteiger partial charge in [-0.2, -0.15) is 0 Å². The first-order chi connectivity index (χ1) is 7.61. The normalized spacial score (nSPS) is 10.5. The van der Waals surface area contributed by atoms with Crippen LogP contribution in [0, 0.1) is 11.6 Å². The van der Waals surface area contributed by atoms with Gasteiger partial charge in [-0.25, -0.2) is 13.8 Å². The van der Waals surface area contributed by atoms with E-state index in [0.717, 1.165) is 12.1 Å². The summed E-state index contributed by atoms with van der Waals surface area (Å²) in [4.78, 5) is 4.03. The van der Waals surface area contributed by atoms with Gasteiger partial charge >= 0.3 is 0 Å². The Kier molecular flexibility index (Phi) is 3.20. The highest BCUT2D eigenvalue weighted by molar-refractivity contribution is 9.11. The molecule has 0 unspecified atom stereocenters. The van der Waals surface area contributed by atoms with Crippen molar-refractivity contribution in [3.63, 3.8) is 0 Å². The summed E-state index contributed by atoms with van der Waals surface area (Å²) in [6.45, 7) is 0. The van der Waals surface area contributed by atoms with E-state index in [0.29, 0.717) is 9.61 Å². The maximum Gasteiger partial charge on any atom is 0.165 e. The third kappa shape index (κ3) is 2.08. The maximum atomic E-state index is 13.6. The van der Waals surface area contributed by atoms with Gasteiger partial charge in [0.15, 0.2) is 15.5 Å². The van der Waals surface area contributed by atoms with Crippen LogP contribution in [-0.4, -0.2) is 12.1 Å². The van der Waals surface area contributed by atoms with Crippen LogP contribution in [0.15, 0.2) is 21.4 Å². The van der Waals surface area contributed by atoms with Gasteiger partial charge in [-0.15, -0.1) is 11.3 Å². The molecular weight excluding hydrogens is 300 g/mol. The monoisotopic (exact) mass is 305 g/mol. The molecule has 84 valence electrons. The lowest BCUT2D eigenvalue weighted by atomic mass is 10.1. The van der Waals surface area contributed by atoms with E-state index in [-0.39, 0.29) is 11.3 Å². The quantitative estimate of drug-likeness (QED) is 0.840. The van der Waals surface area contributed by atoms with Crippen molar-refractivity contribution in [1.29, 1.82) is 0 Å². The number of thiazole rings is 1. The van der Waals surface area contributed by atoms with Crippen LogP contribution < -0.4 is 4.74 Å². The standard InChI is InChI=1S/C10H6BrF2NOS/c1-15-9-3-6(12)5(2-7(9)13)8-4-16-10(11)14-8/h2-4H,1H3. The predicted molar refractivity (Wildman–Crippen MR) is 61.7 cm³/mol. The molecule has 2 rings (SSSR count). The molecule has 0 saturated heterocycles. The molecule has 0 aliphatic carbocycles. The van der Waals surface area contributed by atoms with Gasteiger partial charge in [0, 0.05) is 17.0 Å². The van der Waals surface area contributed by atoms with Crippen LogP contribution in [0.1, 0.15) is 0 Å². The molecular formula is C10H6BrF2NOS. The SMILES string of the molecule is COc1cc(F)c(-c2csc(Br)n2)cc1F. The number of nitrogens with zero attached hydrogens (tertiary/aromatic N) is 1. The van der Waals surface area contributed by atoms with Crippen molar-refractivity contribution in [2.24, 2.45) is 0 Å². The minimum atomic E-state index is -0.608. The fourth-order valence-electron chi connectivity index (χ4n) is 1.26. The van der Waals surface area contributed by atoms with E-state index in [4.69, 9.17) is 0 Å². The smallest absolute Gasteiger partial charge is 0.165 e. The average molecular weight is 306 g/mol. The zero-order chi connectivity index (χ0) is 11.7. The lowest BCUT2D eigenvalue weighted by molar-refractivity contribution is 0.383. The minimum Gasteiger partial charge on any atom is -0.494 e. The molecule has 0 fully saturated rings. The van der Waals surface area contributed by atoms with Crippen LogP contribution in [-0.2, 0) is 0 Å². The van der Waals surface area contributed by atoms with Gasteiger partial charge in [-0.1, -0.05) is 0 Å². The van der Waals surface area contributed by atoms with E-state index in [1.165, 1.54) is 18.4 Å². The van der Waals surface area contributed by atoms with Gasteiger partial charge in [0.2, 0.25) is 0 Å². The van der Waals surface area contributed by atoms with Crippen LogP contribution in [0.25, 0.3) is 11.3 Å². The molecule has 0 spiro atoms. The molecule has 0 aliphatic heterocycles. The summed E-state index contributed by atoms with van der Waals surface area (Å²) in [5, 5.41) is 1.65. The van der Waals surface area contributed by atoms with Gasteiger partial charge < -0.3 is 4.74 Å². The first kappa shape index (κ1) is 11.5. The molecule has 6 heteroatoms. The summed E-state index contributed by atoms with van der Waals surface area (Å²) in [5.74, 6) is -1.28. The Labute approximate surface area is 103 Å². The summed E-state index contributed by atoms with van der Waals surface area (Å²) < 4.78 is 32.3. The Morgan fingerprint density at radius 2 is 2.06 bits per heavy atom. The number of methoxy groups -OCH3 is 1. The summed E-state index contributed by atoms with van der Waals surface area (Å²) in [7, 11) is 1.29. The van der Waals surface area contributed by atoms with E-state index >= 15 is 0 Å². The summed E-state index contributed by atoms with van der Waals surface area (Å²) >= 11 is 4.48. The van der Waals surface area contributed by atoms with Crippen LogP contribution in [0.2, 0.25) is 0 Å². The van der Waals surface area contributed by atoms with E-state index in [9.17, 15) is 8.78 Å². The third-order valence-corrected chi connectivity index (χ3v) is 3.36. The lowest BCUT2D eigenvalue weighted by Crippen LogP contribution is -1.92. The predicted octanol–water partition coefficient (Wildman–Crippen LogP) is 3.86. The summed E-state index contributed by atoms with van der Waals surface area (Å²) in [6, 6.07) is 2.09. The fraction of sp³-hybridized carbons (Fsp3) is 0.100. The minimum absolute atomic E-state index is 0.115. The first-order valence-corrected chi connectivity index (χ1v) is 5.93. The van der Waals surface area contributed by atoms with Crippen molar-refractivity contribution in [1.82, 2.24) is 4.98 Å². The molecule has 0 saturated carbocycles. The van der Waals surface area contributed by atoms with Crippen LogP contribution in [0.3, 0.4) is 0 Å². The molecule has 1 aromatic carbocycles. The molecule has 0 bridgehead atoms. The van der Waals surface area contributed by atoms with E-state index < -0.39 is 11.6 Å². The Hall–Kier alpha value is -1.01. The molecule has 0 aliphatic rings. The number of hydrogen-bond donors (Lipinski definition) is 0. The number of halogens is 3. The Morgan fingerprint density at radius 1 is 1.31 bits per heavy atom. The molecule has 2 nitrogen and oxygen atoms in total. The molecule has 1 aromatic heterocycles. The summed E-state index contributed by atoms with van der Waals surface area (Å²) in [5.41, 5.74) is 0.524. The maximum absolute atomic E-state index is 13.6. The van der Waals surface area contributed by atoms with Crippen LogP contribution in [0.5, 0.6) is 5.75 Å². The number of aromatic nitrogens is 1. The van der Waals surface area contributed by atoms with Gasteiger partial charge in [0.25, 0.3) is 0 Å². The number of ether oxygens (including phenoxy) is 1. The zero-order valence-corrected chi connectivity index (χ0v) is 10.5. The van der Waals surface area contributed by atoms with Crippen molar-refractivity contribution in [3.8, 4) is 17.0 Å². The second-order valence-electron chi connectivity index (χ2n) is 2.95. The van der Waals surface area contributed by atoms with E-state index in [1.54, 1.807) is 5.38 Å². The molecule has 0 amide bonds. The van der Waals surface area contributed by atoms with E-state index in [2.05, 4.69) is 25.7 Å². The Bertz CT molecular complexity index is 530. The topological polar surface area (TPSA) is 22.1 Å².